The molecule has 5 nitrogen and oxygen atoms in total. The standard InChI is InChI=1S/C25H31N3O2/c1-17(2)27(6)24(29)15-14-22-20(5)26-28(21-12-9-10-18(3)16-21)25(22)30-23-13-8-7-11-19(23)4/h7-13,16-17H,14-15H2,1-6H3. The first kappa shape index (κ1) is 21.6. The molecule has 1 amide bonds. The van der Waals surface area contributed by atoms with Gasteiger partial charge in [0.1, 0.15) is 5.75 Å². The summed E-state index contributed by atoms with van der Waals surface area (Å²) in [5, 5.41) is 4.77. The molecule has 158 valence electrons. The fourth-order valence-electron chi connectivity index (χ4n) is 3.34. The third-order valence-corrected chi connectivity index (χ3v) is 5.44. The maximum atomic E-state index is 12.6. The average Bonchev–Trinajstić information content (AvgIpc) is 3.02. The number of hydrogen-bond acceptors (Lipinski definition) is 3. The molecule has 0 N–H and O–H groups in total. The Labute approximate surface area is 179 Å². The molecule has 0 unspecified atom stereocenters. The lowest BCUT2D eigenvalue weighted by Crippen LogP contribution is -2.33. The van der Waals surface area contributed by atoms with Gasteiger partial charge in [-0.2, -0.15) is 5.10 Å². The van der Waals surface area contributed by atoms with Crippen molar-refractivity contribution in [3.63, 3.8) is 0 Å². The van der Waals surface area contributed by atoms with Crippen molar-refractivity contribution >= 4 is 5.91 Å². The second-order valence-corrected chi connectivity index (χ2v) is 8.09. The minimum atomic E-state index is 0.120. The van der Waals surface area contributed by atoms with E-state index in [2.05, 4.69) is 19.1 Å². The Morgan fingerprint density at radius 1 is 1.10 bits per heavy atom. The van der Waals surface area contributed by atoms with Crippen molar-refractivity contribution in [2.24, 2.45) is 0 Å². The van der Waals surface area contributed by atoms with Crippen LogP contribution in [0, 0.1) is 20.8 Å². The van der Waals surface area contributed by atoms with Crippen LogP contribution in [0.15, 0.2) is 48.5 Å². The monoisotopic (exact) mass is 405 g/mol. The van der Waals surface area contributed by atoms with E-state index in [9.17, 15) is 4.79 Å². The van der Waals surface area contributed by atoms with Gasteiger partial charge in [-0.05, 0) is 70.4 Å². The lowest BCUT2D eigenvalue weighted by atomic mass is 10.1. The number of hydrogen-bond donors (Lipinski definition) is 0. The zero-order chi connectivity index (χ0) is 21.8. The summed E-state index contributed by atoms with van der Waals surface area (Å²) in [6.07, 6.45) is 0.994. The predicted octanol–water partition coefficient (Wildman–Crippen LogP) is 5.39. The summed E-state index contributed by atoms with van der Waals surface area (Å²) < 4.78 is 8.25. The van der Waals surface area contributed by atoms with Gasteiger partial charge in [0.05, 0.1) is 11.4 Å². The molecule has 5 heteroatoms. The van der Waals surface area contributed by atoms with E-state index in [1.165, 1.54) is 0 Å². The Kier molecular flexibility index (Phi) is 6.60. The number of para-hydroxylation sites is 1. The first-order valence-electron chi connectivity index (χ1n) is 10.4. The van der Waals surface area contributed by atoms with Crippen molar-refractivity contribution in [2.75, 3.05) is 7.05 Å². The second kappa shape index (κ2) is 9.16. The predicted molar refractivity (Wildman–Crippen MR) is 121 cm³/mol. The second-order valence-electron chi connectivity index (χ2n) is 8.09. The van der Waals surface area contributed by atoms with Gasteiger partial charge in [-0.15, -0.1) is 0 Å². The van der Waals surface area contributed by atoms with Crippen LogP contribution in [-0.2, 0) is 11.2 Å². The maximum absolute atomic E-state index is 12.6. The Hall–Kier alpha value is -3.08. The van der Waals surface area contributed by atoms with Gasteiger partial charge >= 0.3 is 0 Å². The van der Waals surface area contributed by atoms with Gasteiger partial charge in [-0.1, -0.05) is 30.3 Å². The number of ether oxygens (including phenoxy) is 1. The summed E-state index contributed by atoms with van der Waals surface area (Å²) in [5.74, 6) is 1.58. The minimum Gasteiger partial charge on any atom is -0.438 e. The molecule has 0 aliphatic heterocycles. The van der Waals surface area contributed by atoms with Crippen LogP contribution in [0.25, 0.3) is 5.69 Å². The van der Waals surface area contributed by atoms with E-state index >= 15 is 0 Å². The summed E-state index contributed by atoms with van der Waals surface area (Å²) >= 11 is 0. The number of carbonyl (C=O) groups is 1. The van der Waals surface area contributed by atoms with E-state index in [4.69, 9.17) is 9.84 Å². The van der Waals surface area contributed by atoms with Crippen LogP contribution in [0.4, 0.5) is 0 Å². The van der Waals surface area contributed by atoms with Crippen LogP contribution >= 0.6 is 0 Å². The molecule has 0 spiro atoms. The first-order chi connectivity index (χ1) is 14.3. The van der Waals surface area contributed by atoms with E-state index in [-0.39, 0.29) is 11.9 Å². The molecule has 3 aromatic rings. The van der Waals surface area contributed by atoms with Gasteiger partial charge < -0.3 is 9.64 Å². The van der Waals surface area contributed by atoms with E-state index in [1.807, 2.05) is 75.8 Å². The summed E-state index contributed by atoms with van der Waals surface area (Å²) in [7, 11) is 1.85. The molecule has 0 atom stereocenters. The lowest BCUT2D eigenvalue weighted by molar-refractivity contribution is -0.131. The highest BCUT2D eigenvalue weighted by atomic mass is 16.5. The van der Waals surface area contributed by atoms with Crippen molar-refractivity contribution in [3.05, 3.63) is 70.9 Å². The number of benzene rings is 2. The van der Waals surface area contributed by atoms with Crippen molar-refractivity contribution in [1.82, 2.24) is 14.7 Å². The molecule has 2 aromatic carbocycles. The Bertz CT molecular complexity index is 1040. The summed E-state index contributed by atoms with van der Waals surface area (Å²) in [4.78, 5) is 14.4. The Morgan fingerprint density at radius 3 is 2.50 bits per heavy atom. The van der Waals surface area contributed by atoms with E-state index in [0.29, 0.717) is 18.7 Å². The molecule has 3 rings (SSSR count). The zero-order valence-corrected chi connectivity index (χ0v) is 18.8. The highest BCUT2D eigenvalue weighted by Gasteiger charge is 2.21. The van der Waals surface area contributed by atoms with Crippen LogP contribution in [0.5, 0.6) is 11.6 Å². The number of aromatic nitrogens is 2. The summed E-state index contributed by atoms with van der Waals surface area (Å²) in [6, 6.07) is 16.3. The van der Waals surface area contributed by atoms with Gasteiger partial charge in [0.15, 0.2) is 0 Å². The molecule has 0 saturated carbocycles. The van der Waals surface area contributed by atoms with Crippen LogP contribution in [0.3, 0.4) is 0 Å². The van der Waals surface area contributed by atoms with E-state index in [1.54, 1.807) is 4.90 Å². The van der Waals surface area contributed by atoms with Crippen LogP contribution in [-0.4, -0.2) is 33.7 Å². The summed E-state index contributed by atoms with van der Waals surface area (Å²) in [5.41, 5.74) is 4.98. The van der Waals surface area contributed by atoms with Crippen molar-refractivity contribution in [2.45, 2.75) is 53.5 Å². The Morgan fingerprint density at radius 2 is 1.83 bits per heavy atom. The van der Waals surface area contributed by atoms with Crippen LogP contribution in [0.1, 0.15) is 42.7 Å². The highest BCUT2D eigenvalue weighted by molar-refractivity contribution is 5.76. The van der Waals surface area contributed by atoms with Gasteiger partial charge in [-0.3, -0.25) is 4.79 Å². The number of rotatable bonds is 7. The van der Waals surface area contributed by atoms with Crippen LogP contribution < -0.4 is 4.74 Å². The average molecular weight is 406 g/mol. The topological polar surface area (TPSA) is 47.4 Å². The largest absolute Gasteiger partial charge is 0.438 e. The molecule has 0 fully saturated rings. The number of amides is 1. The molecule has 1 aromatic heterocycles. The molecule has 30 heavy (non-hydrogen) atoms. The number of aryl methyl sites for hydroxylation is 3. The van der Waals surface area contributed by atoms with Crippen molar-refractivity contribution in [1.29, 1.82) is 0 Å². The van der Waals surface area contributed by atoms with Gasteiger partial charge in [0.25, 0.3) is 0 Å². The van der Waals surface area contributed by atoms with Gasteiger partial charge in [0.2, 0.25) is 11.8 Å². The number of nitrogens with zero attached hydrogens (tertiary/aromatic N) is 3. The zero-order valence-electron chi connectivity index (χ0n) is 18.8. The van der Waals surface area contributed by atoms with E-state index < -0.39 is 0 Å². The molecule has 0 aliphatic rings. The summed E-state index contributed by atoms with van der Waals surface area (Å²) in [6.45, 7) is 10.1. The fraction of sp³-hybridized carbons (Fsp3) is 0.360. The molecular formula is C25H31N3O2. The maximum Gasteiger partial charge on any atom is 0.226 e. The number of carbonyl (C=O) groups excluding carboxylic acids is 1. The quantitative estimate of drug-likeness (QED) is 0.529. The van der Waals surface area contributed by atoms with Gasteiger partial charge in [-0.25, -0.2) is 4.68 Å². The van der Waals surface area contributed by atoms with Crippen molar-refractivity contribution < 1.29 is 9.53 Å². The van der Waals surface area contributed by atoms with Crippen LogP contribution in [0.2, 0.25) is 0 Å². The molecule has 0 bridgehead atoms. The smallest absolute Gasteiger partial charge is 0.226 e. The third kappa shape index (κ3) is 4.73. The minimum absolute atomic E-state index is 0.120. The first-order valence-corrected chi connectivity index (χ1v) is 10.4. The Balaban J connectivity index is 2.01. The molecular weight excluding hydrogens is 374 g/mol. The van der Waals surface area contributed by atoms with Crippen molar-refractivity contribution in [3.8, 4) is 17.3 Å². The third-order valence-electron chi connectivity index (χ3n) is 5.44. The molecule has 0 aliphatic carbocycles. The molecule has 1 heterocycles. The highest BCUT2D eigenvalue weighted by Crippen LogP contribution is 2.33. The lowest BCUT2D eigenvalue weighted by Gasteiger charge is -2.21. The van der Waals surface area contributed by atoms with E-state index in [0.717, 1.165) is 33.8 Å². The molecule has 0 radical (unpaired) electrons. The normalized spacial score (nSPS) is 11.0. The van der Waals surface area contributed by atoms with Gasteiger partial charge in [0, 0.05) is 25.1 Å². The SMILES string of the molecule is Cc1cccc(-n2nc(C)c(CCC(=O)N(C)C(C)C)c2Oc2ccccc2C)c1. The fourth-order valence-corrected chi connectivity index (χ4v) is 3.34. The molecule has 0 saturated heterocycles.